The molecule has 0 aromatic heterocycles. The first-order valence-electron chi connectivity index (χ1n) is 6.56. The summed E-state index contributed by atoms with van der Waals surface area (Å²) < 4.78 is 0. The second-order valence-electron chi connectivity index (χ2n) is 5.33. The standard InChI is InChI=1S/C13H29N3O/c1-6-11(8-14)13(17)15-9-12(16(4)5)7-10(2)3/h10-12H,6-9,14H2,1-5H3,(H,15,17). The van der Waals surface area contributed by atoms with E-state index >= 15 is 0 Å². The Bertz CT molecular complexity index is 213. The van der Waals surface area contributed by atoms with E-state index in [2.05, 4.69) is 38.2 Å². The van der Waals surface area contributed by atoms with Gasteiger partial charge in [-0.1, -0.05) is 20.8 Å². The molecule has 0 aliphatic heterocycles. The van der Waals surface area contributed by atoms with Crippen molar-refractivity contribution in [2.45, 2.75) is 39.7 Å². The van der Waals surface area contributed by atoms with E-state index in [0.29, 0.717) is 25.0 Å². The van der Waals surface area contributed by atoms with Gasteiger partial charge in [-0.2, -0.15) is 0 Å². The summed E-state index contributed by atoms with van der Waals surface area (Å²) in [6.45, 7) is 7.54. The van der Waals surface area contributed by atoms with Gasteiger partial charge in [0.2, 0.25) is 5.91 Å². The number of rotatable bonds is 8. The van der Waals surface area contributed by atoms with Gasteiger partial charge in [-0.25, -0.2) is 0 Å². The zero-order valence-electron chi connectivity index (χ0n) is 12.0. The van der Waals surface area contributed by atoms with Gasteiger partial charge in [0.1, 0.15) is 0 Å². The van der Waals surface area contributed by atoms with Gasteiger partial charge in [0.25, 0.3) is 0 Å². The Morgan fingerprint density at radius 3 is 2.29 bits per heavy atom. The Morgan fingerprint density at radius 2 is 1.94 bits per heavy atom. The third kappa shape index (κ3) is 6.64. The monoisotopic (exact) mass is 243 g/mol. The van der Waals surface area contributed by atoms with Crippen LogP contribution in [0.2, 0.25) is 0 Å². The molecule has 0 heterocycles. The first kappa shape index (κ1) is 16.4. The molecule has 0 saturated carbocycles. The van der Waals surface area contributed by atoms with Crippen molar-refractivity contribution < 1.29 is 4.79 Å². The van der Waals surface area contributed by atoms with Crippen LogP contribution in [-0.4, -0.2) is 44.0 Å². The zero-order chi connectivity index (χ0) is 13.4. The Morgan fingerprint density at radius 1 is 1.35 bits per heavy atom. The Balaban J connectivity index is 4.16. The fourth-order valence-corrected chi connectivity index (χ4v) is 1.84. The summed E-state index contributed by atoms with van der Waals surface area (Å²) in [5, 5.41) is 3.01. The molecule has 0 aliphatic carbocycles. The number of hydrogen-bond acceptors (Lipinski definition) is 3. The highest BCUT2D eigenvalue weighted by molar-refractivity contribution is 5.78. The van der Waals surface area contributed by atoms with Crippen molar-refractivity contribution >= 4 is 5.91 Å². The van der Waals surface area contributed by atoms with Gasteiger partial charge in [-0.3, -0.25) is 4.79 Å². The van der Waals surface area contributed by atoms with Gasteiger partial charge in [0.05, 0.1) is 0 Å². The quantitative estimate of drug-likeness (QED) is 0.670. The Labute approximate surface area is 106 Å². The molecule has 2 atom stereocenters. The lowest BCUT2D eigenvalue weighted by atomic mass is 10.0. The Hall–Kier alpha value is -0.610. The molecule has 3 N–H and O–H groups in total. The van der Waals surface area contributed by atoms with Gasteiger partial charge < -0.3 is 16.0 Å². The second kappa shape index (κ2) is 8.48. The highest BCUT2D eigenvalue weighted by Crippen LogP contribution is 2.08. The van der Waals surface area contributed by atoms with Crippen molar-refractivity contribution in [3.8, 4) is 0 Å². The molecule has 102 valence electrons. The number of nitrogens with two attached hydrogens (primary N) is 1. The van der Waals surface area contributed by atoms with Crippen LogP contribution in [-0.2, 0) is 4.79 Å². The molecule has 0 aromatic rings. The maximum atomic E-state index is 11.8. The lowest BCUT2D eigenvalue weighted by Gasteiger charge is -2.27. The van der Waals surface area contributed by atoms with Gasteiger partial charge in [-0.15, -0.1) is 0 Å². The van der Waals surface area contributed by atoms with E-state index in [1.54, 1.807) is 0 Å². The van der Waals surface area contributed by atoms with E-state index in [1.165, 1.54) is 0 Å². The zero-order valence-corrected chi connectivity index (χ0v) is 12.0. The molecule has 0 aliphatic rings. The van der Waals surface area contributed by atoms with E-state index in [9.17, 15) is 4.79 Å². The third-order valence-corrected chi connectivity index (χ3v) is 3.13. The largest absolute Gasteiger partial charge is 0.354 e. The maximum absolute atomic E-state index is 11.8. The molecular weight excluding hydrogens is 214 g/mol. The van der Waals surface area contributed by atoms with Crippen LogP contribution in [0.25, 0.3) is 0 Å². The van der Waals surface area contributed by atoms with Crippen LogP contribution in [0, 0.1) is 11.8 Å². The predicted molar refractivity (Wildman–Crippen MR) is 72.8 cm³/mol. The first-order valence-corrected chi connectivity index (χ1v) is 6.56. The van der Waals surface area contributed by atoms with Gasteiger partial charge >= 0.3 is 0 Å². The minimum absolute atomic E-state index is 0.0446. The molecule has 4 nitrogen and oxygen atoms in total. The average molecular weight is 243 g/mol. The summed E-state index contributed by atoms with van der Waals surface area (Å²) in [6.07, 6.45) is 1.89. The van der Waals surface area contributed by atoms with Crippen LogP contribution in [0.5, 0.6) is 0 Å². The third-order valence-electron chi connectivity index (χ3n) is 3.13. The normalized spacial score (nSPS) is 15.1. The number of hydrogen-bond donors (Lipinski definition) is 2. The van der Waals surface area contributed by atoms with Crippen LogP contribution in [0.1, 0.15) is 33.6 Å². The summed E-state index contributed by atoms with van der Waals surface area (Å²) in [5.74, 6) is 0.679. The predicted octanol–water partition coefficient (Wildman–Crippen LogP) is 1.06. The van der Waals surface area contributed by atoms with Crippen molar-refractivity contribution in [1.29, 1.82) is 0 Å². The summed E-state index contributed by atoms with van der Waals surface area (Å²) in [6, 6.07) is 0.397. The molecule has 4 heteroatoms. The van der Waals surface area contributed by atoms with Crippen molar-refractivity contribution in [2.24, 2.45) is 17.6 Å². The Kier molecular flexibility index (Phi) is 8.17. The van der Waals surface area contributed by atoms with Gasteiger partial charge in [0.15, 0.2) is 0 Å². The molecule has 0 aromatic carbocycles. The van der Waals surface area contributed by atoms with Gasteiger partial charge in [-0.05, 0) is 32.9 Å². The fraction of sp³-hybridized carbons (Fsp3) is 0.923. The number of carbonyl (C=O) groups is 1. The highest BCUT2D eigenvalue weighted by Gasteiger charge is 2.18. The molecule has 2 unspecified atom stereocenters. The van der Waals surface area contributed by atoms with E-state index in [4.69, 9.17) is 5.73 Å². The van der Waals surface area contributed by atoms with Crippen LogP contribution in [0.3, 0.4) is 0 Å². The number of nitrogens with zero attached hydrogens (tertiary/aromatic N) is 1. The molecule has 0 bridgehead atoms. The lowest BCUT2D eigenvalue weighted by Crippen LogP contribution is -2.44. The number of amides is 1. The molecule has 17 heavy (non-hydrogen) atoms. The SMILES string of the molecule is CCC(CN)C(=O)NCC(CC(C)C)N(C)C. The molecule has 0 rings (SSSR count). The summed E-state index contributed by atoms with van der Waals surface area (Å²) in [4.78, 5) is 14.0. The molecular formula is C13H29N3O. The number of carbonyl (C=O) groups excluding carboxylic acids is 1. The summed E-state index contributed by atoms with van der Waals surface area (Å²) in [5.41, 5.74) is 5.56. The maximum Gasteiger partial charge on any atom is 0.224 e. The lowest BCUT2D eigenvalue weighted by molar-refractivity contribution is -0.125. The molecule has 0 fully saturated rings. The smallest absolute Gasteiger partial charge is 0.224 e. The molecule has 0 saturated heterocycles. The molecule has 1 amide bonds. The van der Waals surface area contributed by atoms with Crippen LogP contribution in [0.15, 0.2) is 0 Å². The fourth-order valence-electron chi connectivity index (χ4n) is 1.84. The number of likely N-dealkylation sites (N-methyl/N-ethyl adjacent to an activating group) is 1. The average Bonchev–Trinajstić information content (AvgIpc) is 2.25. The van der Waals surface area contributed by atoms with E-state index in [0.717, 1.165) is 12.8 Å². The molecule has 0 radical (unpaired) electrons. The topological polar surface area (TPSA) is 58.4 Å². The minimum atomic E-state index is -0.0446. The van der Waals surface area contributed by atoms with Crippen molar-refractivity contribution in [3.63, 3.8) is 0 Å². The van der Waals surface area contributed by atoms with Crippen molar-refractivity contribution in [3.05, 3.63) is 0 Å². The van der Waals surface area contributed by atoms with E-state index in [-0.39, 0.29) is 11.8 Å². The first-order chi connectivity index (χ1) is 7.92. The number of nitrogens with one attached hydrogen (secondary N) is 1. The minimum Gasteiger partial charge on any atom is -0.354 e. The van der Waals surface area contributed by atoms with Gasteiger partial charge in [0, 0.05) is 25.0 Å². The summed E-state index contributed by atoms with van der Waals surface area (Å²) in [7, 11) is 4.11. The van der Waals surface area contributed by atoms with Crippen molar-refractivity contribution in [1.82, 2.24) is 10.2 Å². The van der Waals surface area contributed by atoms with E-state index in [1.807, 2.05) is 6.92 Å². The second-order valence-corrected chi connectivity index (χ2v) is 5.33. The highest BCUT2D eigenvalue weighted by atomic mass is 16.1. The molecule has 0 spiro atoms. The van der Waals surface area contributed by atoms with Crippen LogP contribution >= 0.6 is 0 Å². The van der Waals surface area contributed by atoms with Crippen LogP contribution < -0.4 is 11.1 Å². The summed E-state index contributed by atoms with van der Waals surface area (Å²) >= 11 is 0. The van der Waals surface area contributed by atoms with Crippen molar-refractivity contribution in [2.75, 3.05) is 27.2 Å². The van der Waals surface area contributed by atoms with E-state index < -0.39 is 0 Å². The van der Waals surface area contributed by atoms with Crippen LogP contribution in [0.4, 0.5) is 0 Å².